The number of hydrogen-bond acceptors (Lipinski definition) is 1. The summed E-state index contributed by atoms with van der Waals surface area (Å²) in [6.45, 7) is 1.55. The Kier molecular flexibility index (Phi) is 3.25. The minimum absolute atomic E-state index is 0.168. The second-order valence-corrected chi connectivity index (χ2v) is 3.08. The lowest BCUT2D eigenvalue weighted by Gasteiger charge is -2.03. The van der Waals surface area contributed by atoms with Crippen LogP contribution >= 0.6 is 11.6 Å². The largest absolute Gasteiger partial charge is 0.352 e. The van der Waals surface area contributed by atoms with Crippen LogP contribution in [0.15, 0.2) is 18.2 Å². The van der Waals surface area contributed by atoms with E-state index in [1.165, 1.54) is 25.1 Å². The Labute approximate surface area is 80.7 Å². The molecular formula is C9H9ClFNO. The molecule has 0 atom stereocenters. The van der Waals surface area contributed by atoms with Gasteiger partial charge in [-0.1, -0.05) is 11.6 Å². The first kappa shape index (κ1) is 9.99. The fourth-order valence-electron chi connectivity index (χ4n) is 0.898. The Morgan fingerprint density at radius 1 is 1.62 bits per heavy atom. The van der Waals surface area contributed by atoms with Crippen molar-refractivity contribution in [1.82, 2.24) is 5.32 Å². The van der Waals surface area contributed by atoms with Gasteiger partial charge >= 0.3 is 0 Å². The van der Waals surface area contributed by atoms with Crippen LogP contribution in [0.4, 0.5) is 4.39 Å². The summed E-state index contributed by atoms with van der Waals surface area (Å²) in [4.78, 5) is 10.5. The van der Waals surface area contributed by atoms with E-state index in [4.69, 9.17) is 11.6 Å². The molecule has 13 heavy (non-hydrogen) atoms. The maximum atomic E-state index is 13.0. The van der Waals surface area contributed by atoms with Gasteiger partial charge in [0.1, 0.15) is 5.82 Å². The molecule has 0 heterocycles. The predicted octanol–water partition coefficient (Wildman–Crippen LogP) is 2.12. The first-order valence-corrected chi connectivity index (χ1v) is 4.16. The number of hydrogen-bond donors (Lipinski definition) is 1. The summed E-state index contributed by atoms with van der Waals surface area (Å²) in [5, 5.41) is 2.95. The van der Waals surface area contributed by atoms with Gasteiger partial charge in [-0.2, -0.15) is 0 Å². The molecule has 0 bridgehead atoms. The molecule has 0 aliphatic carbocycles. The molecule has 0 fully saturated rings. The van der Waals surface area contributed by atoms with Gasteiger partial charge in [0.2, 0.25) is 5.91 Å². The Hall–Kier alpha value is -1.09. The molecule has 1 N–H and O–H groups in total. The topological polar surface area (TPSA) is 29.1 Å². The van der Waals surface area contributed by atoms with Crippen molar-refractivity contribution in [3.63, 3.8) is 0 Å². The number of rotatable bonds is 2. The molecule has 0 saturated carbocycles. The van der Waals surface area contributed by atoms with Crippen LogP contribution in [0.1, 0.15) is 12.5 Å². The van der Waals surface area contributed by atoms with Gasteiger partial charge in [0.05, 0.1) is 0 Å². The number of halogens is 2. The molecule has 1 amide bonds. The third-order valence-corrected chi connectivity index (χ3v) is 1.77. The maximum Gasteiger partial charge on any atom is 0.217 e. The normalized spacial score (nSPS) is 9.77. The molecule has 70 valence electrons. The number of carbonyl (C=O) groups is 1. The van der Waals surface area contributed by atoms with E-state index in [1.54, 1.807) is 0 Å². The fourth-order valence-corrected chi connectivity index (χ4v) is 1.09. The number of nitrogens with one attached hydrogen (secondary N) is 1. The Balaban J connectivity index is 2.75. The summed E-state index contributed by atoms with van der Waals surface area (Å²) in [6.07, 6.45) is 0. The third kappa shape index (κ3) is 3.03. The number of carbonyl (C=O) groups excluding carboxylic acids is 1. The maximum absolute atomic E-state index is 13.0. The SMILES string of the molecule is CC(=O)NCc1cc(Cl)ccc1F. The second-order valence-electron chi connectivity index (χ2n) is 2.65. The molecule has 0 aliphatic heterocycles. The Morgan fingerprint density at radius 2 is 2.31 bits per heavy atom. The molecule has 0 spiro atoms. The van der Waals surface area contributed by atoms with E-state index >= 15 is 0 Å². The average molecular weight is 202 g/mol. The summed E-state index contributed by atoms with van der Waals surface area (Å²) in [5.74, 6) is -0.558. The lowest BCUT2D eigenvalue weighted by atomic mass is 10.2. The Morgan fingerprint density at radius 3 is 2.92 bits per heavy atom. The highest BCUT2D eigenvalue weighted by Crippen LogP contribution is 2.14. The number of benzene rings is 1. The fraction of sp³-hybridized carbons (Fsp3) is 0.222. The van der Waals surface area contributed by atoms with Crippen molar-refractivity contribution in [2.45, 2.75) is 13.5 Å². The first-order chi connectivity index (χ1) is 6.09. The van der Waals surface area contributed by atoms with E-state index in [0.29, 0.717) is 10.6 Å². The van der Waals surface area contributed by atoms with Gasteiger partial charge in [0, 0.05) is 24.1 Å². The molecule has 0 aliphatic rings. The summed E-state index contributed by atoms with van der Waals surface area (Å²) < 4.78 is 13.0. The van der Waals surface area contributed by atoms with E-state index in [2.05, 4.69) is 5.32 Å². The molecule has 0 aromatic heterocycles. The first-order valence-electron chi connectivity index (χ1n) is 3.78. The summed E-state index contributed by atoms with van der Waals surface area (Å²) in [7, 11) is 0. The minimum Gasteiger partial charge on any atom is -0.352 e. The molecule has 1 rings (SSSR count). The lowest BCUT2D eigenvalue weighted by Crippen LogP contribution is -2.19. The number of amides is 1. The van der Waals surface area contributed by atoms with Crippen molar-refractivity contribution < 1.29 is 9.18 Å². The van der Waals surface area contributed by atoms with Gasteiger partial charge in [-0.3, -0.25) is 4.79 Å². The van der Waals surface area contributed by atoms with Gasteiger partial charge < -0.3 is 5.32 Å². The van der Waals surface area contributed by atoms with Crippen LogP contribution in [-0.2, 0) is 11.3 Å². The molecule has 0 radical (unpaired) electrons. The van der Waals surface area contributed by atoms with Gasteiger partial charge in [0.25, 0.3) is 0 Å². The summed E-state index contributed by atoms with van der Waals surface area (Å²) in [5.41, 5.74) is 0.391. The van der Waals surface area contributed by atoms with Crippen molar-refractivity contribution in [2.24, 2.45) is 0 Å². The van der Waals surface area contributed by atoms with E-state index in [9.17, 15) is 9.18 Å². The summed E-state index contributed by atoms with van der Waals surface area (Å²) >= 11 is 5.65. The van der Waals surface area contributed by atoms with Gasteiger partial charge in [-0.15, -0.1) is 0 Å². The third-order valence-electron chi connectivity index (χ3n) is 1.54. The minimum atomic E-state index is -0.363. The Bertz CT molecular complexity index is 327. The van der Waals surface area contributed by atoms with Crippen molar-refractivity contribution in [3.05, 3.63) is 34.6 Å². The molecule has 2 nitrogen and oxygen atoms in total. The van der Waals surface area contributed by atoms with Crippen molar-refractivity contribution in [2.75, 3.05) is 0 Å². The van der Waals surface area contributed by atoms with Crippen LogP contribution in [0.25, 0.3) is 0 Å². The zero-order valence-corrected chi connectivity index (χ0v) is 7.86. The standard InChI is InChI=1S/C9H9ClFNO/c1-6(13)12-5-7-4-8(10)2-3-9(7)11/h2-4H,5H2,1H3,(H,12,13). The van der Waals surface area contributed by atoms with Gasteiger partial charge in [-0.05, 0) is 18.2 Å². The quantitative estimate of drug-likeness (QED) is 0.780. The van der Waals surface area contributed by atoms with Crippen molar-refractivity contribution in [3.8, 4) is 0 Å². The van der Waals surface area contributed by atoms with Crippen LogP contribution < -0.4 is 5.32 Å². The van der Waals surface area contributed by atoms with Crippen LogP contribution in [0.5, 0.6) is 0 Å². The predicted molar refractivity (Wildman–Crippen MR) is 48.9 cm³/mol. The van der Waals surface area contributed by atoms with Crippen LogP contribution in [-0.4, -0.2) is 5.91 Å². The highest BCUT2D eigenvalue weighted by Gasteiger charge is 2.02. The monoisotopic (exact) mass is 201 g/mol. The van der Waals surface area contributed by atoms with Crippen LogP contribution in [0.2, 0.25) is 5.02 Å². The van der Waals surface area contributed by atoms with E-state index in [-0.39, 0.29) is 18.3 Å². The van der Waals surface area contributed by atoms with Crippen molar-refractivity contribution in [1.29, 1.82) is 0 Å². The van der Waals surface area contributed by atoms with Gasteiger partial charge in [-0.25, -0.2) is 4.39 Å². The summed E-state index contributed by atoms with van der Waals surface area (Å²) in [6, 6.07) is 4.24. The molecule has 1 aromatic carbocycles. The smallest absolute Gasteiger partial charge is 0.217 e. The highest BCUT2D eigenvalue weighted by molar-refractivity contribution is 6.30. The van der Waals surface area contributed by atoms with E-state index < -0.39 is 0 Å². The van der Waals surface area contributed by atoms with E-state index in [0.717, 1.165) is 0 Å². The van der Waals surface area contributed by atoms with E-state index in [1.807, 2.05) is 0 Å². The molecule has 0 saturated heterocycles. The second kappa shape index (κ2) is 4.23. The highest BCUT2D eigenvalue weighted by atomic mass is 35.5. The van der Waals surface area contributed by atoms with Crippen LogP contribution in [0, 0.1) is 5.82 Å². The zero-order valence-electron chi connectivity index (χ0n) is 7.10. The van der Waals surface area contributed by atoms with Gasteiger partial charge in [0.15, 0.2) is 0 Å². The molecule has 1 aromatic rings. The zero-order chi connectivity index (χ0) is 9.84. The average Bonchev–Trinajstić information content (AvgIpc) is 2.06. The van der Waals surface area contributed by atoms with Crippen molar-refractivity contribution >= 4 is 17.5 Å². The molecular weight excluding hydrogens is 193 g/mol. The lowest BCUT2D eigenvalue weighted by molar-refractivity contribution is -0.119. The molecule has 4 heteroatoms. The molecule has 0 unspecified atom stereocenters. The van der Waals surface area contributed by atoms with Crippen LogP contribution in [0.3, 0.4) is 0 Å².